The van der Waals surface area contributed by atoms with E-state index in [9.17, 15) is 4.79 Å². The second-order valence-corrected chi connectivity index (χ2v) is 5.90. The molecule has 6 nitrogen and oxygen atoms in total. The number of carbonyl (C=O) groups excluding carboxylic acids is 1. The number of hydrogen-bond acceptors (Lipinski definition) is 3. The summed E-state index contributed by atoms with van der Waals surface area (Å²) in [5.74, 6) is 1.58. The lowest BCUT2D eigenvalue weighted by Gasteiger charge is -2.28. The van der Waals surface area contributed by atoms with E-state index in [-0.39, 0.29) is 6.03 Å². The number of carbonyl (C=O) groups is 1. The van der Waals surface area contributed by atoms with Crippen molar-refractivity contribution in [2.24, 2.45) is 5.92 Å². The zero-order chi connectivity index (χ0) is 15.5. The van der Waals surface area contributed by atoms with Gasteiger partial charge in [0.05, 0.1) is 0 Å². The van der Waals surface area contributed by atoms with Crippen molar-refractivity contribution in [1.29, 1.82) is 0 Å². The number of aryl methyl sites for hydroxylation is 2. The van der Waals surface area contributed by atoms with Gasteiger partial charge in [0.25, 0.3) is 0 Å². The fourth-order valence-corrected chi connectivity index (χ4v) is 2.87. The maximum absolute atomic E-state index is 12.3. The highest BCUT2D eigenvalue weighted by atomic mass is 16.2. The normalized spacial score (nSPS) is 16.9. The summed E-state index contributed by atoms with van der Waals surface area (Å²) < 4.78 is 2.19. The molecule has 0 aromatic carbocycles. The van der Waals surface area contributed by atoms with E-state index >= 15 is 0 Å². The number of imidazole rings is 1. The first-order valence-corrected chi connectivity index (χ1v) is 7.56. The molecule has 0 radical (unpaired) electrons. The number of amides is 2. The Morgan fingerprint density at radius 2 is 2.36 bits per heavy atom. The van der Waals surface area contributed by atoms with E-state index in [2.05, 4.69) is 19.9 Å². The maximum atomic E-state index is 12.3. The summed E-state index contributed by atoms with van der Waals surface area (Å²) in [5.41, 5.74) is 1.77. The second-order valence-electron chi connectivity index (χ2n) is 5.90. The van der Waals surface area contributed by atoms with Crippen molar-refractivity contribution in [2.45, 2.75) is 26.3 Å². The highest BCUT2D eigenvalue weighted by Gasteiger charge is 2.22. The van der Waals surface area contributed by atoms with Crippen LogP contribution in [0, 0.1) is 12.8 Å². The molecule has 1 aliphatic rings. The molecule has 0 spiro atoms. The zero-order valence-electron chi connectivity index (χ0n) is 13.0. The van der Waals surface area contributed by atoms with Gasteiger partial charge in [0.2, 0.25) is 0 Å². The lowest BCUT2D eigenvalue weighted by molar-refractivity contribution is 0.207. The van der Waals surface area contributed by atoms with Gasteiger partial charge < -0.3 is 14.8 Å². The highest BCUT2D eigenvalue weighted by molar-refractivity contribution is 5.89. The first-order chi connectivity index (χ1) is 10.6. The number of nitrogens with one attached hydrogen (secondary N) is 1. The van der Waals surface area contributed by atoms with Crippen LogP contribution in [-0.2, 0) is 13.0 Å². The summed E-state index contributed by atoms with van der Waals surface area (Å²) in [5, 5.41) is 2.94. The molecule has 116 valence electrons. The number of anilines is 1. The Labute approximate surface area is 130 Å². The van der Waals surface area contributed by atoms with Gasteiger partial charge in [-0.25, -0.2) is 9.78 Å². The van der Waals surface area contributed by atoms with E-state index < -0.39 is 0 Å². The molecule has 0 saturated carbocycles. The average molecular weight is 299 g/mol. The average Bonchev–Trinajstić information content (AvgIpc) is 2.97. The van der Waals surface area contributed by atoms with E-state index in [0.717, 1.165) is 43.0 Å². The number of pyridine rings is 1. The van der Waals surface area contributed by atoms with E-state index in [1.807, 2.05) is 32.4 Å². The van der Waals surface area contributed by atoms with Crippen LogP contribution in [0.15, 0.2) is 30.9 Å². The first kappa shape index (κ1) is 14.6. The Balaban J connectivity index is 1.57. The van der Waals surface area contributed by atoms with Crippen LogP contribution in [0.1, 0.15) is 17.8 Å². The van der Waals surface area contributed by atoms with Crippen molar-refractivity contribution in [3.63, 3.8) is 0 Å². The van der Waals surface area contributed by atoms with Crippen LogP contribution in [0.25, 0.3) is 0 Å². The minimum absolute atomic E-state index is 0.0804. The topological polar surface area (TPSA) is 63.1 Å². The molecule has 0 bridgehead atoms. The lowest BCUT2D eigenvalue weighted by atomic mass is 9.97. The molecule has 0 unspecified atom stereocenters. The van der Waals surface area contributed by atoms with Gasteiger partial charge in [-0.3, -0.25) is 4.98 Å². The maximum Gasteiger partial charge on any atom is 0.321 e. The number of urea groups is 1. The molecular weight excluding hydrogens is 278 g/mol. The van der Waals surface area contributed by atoms with E-state index in [1.54, 1.807) is 17.3 Å². The summed E-state index contributed by atoms with van der Waals surface area (Å²) in [6, 6.07) is 1.74. The third-order valence-electron chi connectivity index (χ3n) is 4.19. The summed E-state index contributed by atoms with van der Waals surface area (Å²) in [6.45, 7) is 3.66. The number of fused-ring (bicyclic) bond motifs is 1. The van der Waals surface area contributed by atoms with E-state index in [1.165, 1.54) is 0 Å². The molecule has 2 aromatic rings. The van der Waals surface area contributed by atoms with Crippen LogP contribution >= 0.6 is 0 Å². The molecule has 1 atom stereocenters. The van der Waals surface area contributed by atoms with Crippen LogP contribution in [-0.4, -0.2) is 39.1 Å². The standard InChI is InChI=1S/C16H21N5O/c1-12-10-17-5-3-14(12)19-16(22)20(2)11-13-4-7-21-8-6-18-15(21)9-13/h3,5-6,8,10,13H,4,7,9,11H2,1-2H3,(H,17,19,22)/t13-/m1/s1. The third kappa shape index (κ3) is 3.10. The van der Waals surface area contributed by atoms with Crippen LogP contribution in [0.5, 0.6) is 0 Å². The number of rotatable bonds is 3. The quantitative estimate of drug-likeness (QED) is 0.946. The molecule has 0 aliphatic carbocycles. The van der Waals surface area contributed by atoms with Gasteiger partial charge >= 0.3 is 6.03 Å². The molecule has 1 aliphatic heterocycles. The Bertz CT molecular complexity index is 666. The summed E-state index contributed by atoms with van der Waals surface area (Å²) >= 11 is 0. The van der Waals surface area contributed by atoms with Crippen molar-refractivity contribution in [3.05, 3.63) is 42.2 Å². The molecule has 22 heavy (non-hydrogen) atoms. The molecule has 0 saturated heterocycles. The monoisotopic (exact) mass is 299 g/mol. The van der Waals surface area contributed by atoms with Gasteiger partial charge in [-0.05, 0) is 30.9 Å². The van der Waals surface area contributed by atoms with Crippen molar-refractivity contribution in [3.8, 4) is 0 Å². The highest BCUT2D eigenvalue weighted by Crippen LogP contribution is 2.20. The van der Waals surface area contributed by atoms with Crippen molar-refractivity contribution in [1.82, 2.24) is 19.4 Å². The van der Waals surface area contributed by atoms with Crippen molar-refractivity contribution >= 4 is 11.7 Å². The van der Waals surface area contributed by atoms with Gasteiger partial charge in [-0.1, -0.05) is 0 Å². The lowest BCUT2D eigenvalue weighted by Crippen LogP contribution is -2.37. The zero-order valence-corrected chi connectivity index (χ0v) is 13.0. The molecule has 2 aromatic heterocycles. The number of aromatic nitrogens is 3. The van der Waals surface area contributed by atoms with Crippen LogP contribution < -0.4 is 5.32 Å². The first-order valence-electron chi connectivity index (χ1n) is 7.56. The molecule has 3 rings (SSSR count). The van der Waals surface area contributed by atoms with Crippen LogP contribution in [0.3, 0.4) is 0 Å². The van der Waals surface area contributed by atoms with E-state index in [4.69, 9.17) is 0 Å². The fourth-order valence-electron chi connectivity index (χ4n) is 2.87. The van der Waals surface area contributed by atoms with Crippen molar-refractivity contribution in [2.75, 3.05) is 18.9 Å². The second kappa shape index (κ2) is 6.17. The summed E-state index contributed by atoms with van der Waals surface area (Å²) in [7, 11) is 1.84. The van der Waals surface area contributed by atoms with Gasteiger partial charge in [0.15, 0.2) is 0 Å². The van der Waals surface area contributed by atoms with Crippen LogP contribution in [0.4, 0.5) is 10.5 Å². The number of nitrogens with zero attached hydrogens (tertiary/aromatic N) is 4. The van der Waals surface area contributed by atoms with Gasteiger partial charge in [-0.15, -0.1) is 0 Å². The minimum Gasteiger partial charge on any atom is -0.335 e. The van der Waals surface area contributed by atoms with E-state index in [0.29, 0.717) is 5.92 Å². The predicted octanol–water partition coefficient (Wildman–Crippen LogP) is 2.31. The van der Waals surface area contributed by atoms with Gasteiger partial charge in [-0.2, -0.15) is 0 Å². The van der Waals surface area contributed by atoms with Gasteiger partial charge in [0, 0.05) is 57.0 Å². The Kier molecular flexibility index (Phi) is 4.09. The molecule has 3 heterocycles. The molecule has 2 amide bonds. The van der Waals surface area contributed by atoms with Gasteiger partial charge in [0.1, 0.15) is 5.82 Å². The SMILES string of the molecule is Cc1cnccc1NC(=O)N(C)C[C@@H]1CCn2ccnc2C1. The Hall–Kier alpha value is -2.37. The fraction of sp³-hybridized carbons (Fsp3) is 0.438. The Morgan fingerprint density at radius 1 is 1.50 bits per heavy atom. The third-order valence-corrected chi connectivity index (χ3v) is 4.19. The molecule has 1 N–H and O–H groups in total. The smallest absolute Gasteiger partial charge is 0.321 e. The Morgan fingerprint density at radius 3 is 3.18 bits per heavy atom. The number of hydrogen-bond donors (Lipinski definition) is 1. The summed E-state index contributed by atoms with van der Waals surface area (Å²) in [4.78, 5) is 22.5. The summed E-state index contributed by atoms with van der Waals surface area (Å²) in [6.07, 6.45) is 9.31. The van der Waals surface area contributed by atoms with Crippen LogP contribution in [0.2, 0.25) is 0 Å². The molecule has 6 heteroatoms. The molecule has 0 fully saturated rings. The largest absolute Gasteiger partial charge is 0.335 e. The molecular formula is C16H21N5O. The van der Waals surface area contributed by atoms with Crippen molar-refractivity contribution < 1.29 is 4.79 Å². The minimum atomic E-state index is -0.0804. The predicted molar refractivity (Wildman–Crippen MR) is 84.7 cm³/mol.